The molecule has 6 aromatic rings. The van der Waals surface area contributed by atoms with Crippen molar-refractivity contribution in [2.75, 3.05) is 5.32 Å². The molecular formula is C23H19N9O. The zero-order chi connectivity index (χ0) is 22.4. The van der Waals surface area contributed by atoms with Crippen molar-refractivity contribution >= 4 is 27.9 Å². The lowest BCUT2D eigenvalue weighted by atomic mass is 10.2. The average molecular weight is 437 g/mol. The van der Waals surface area contributed by atoms with E-state index in [9.17, 15) is 4.79 Å². The topological polar surface area (TPSA) is 122 Å². The van der Waals surface area contributed by atoms with E-state index in [1.807, 2.05) is 67.6 Å². The number of aryl methyl sites for hydroxylation is 1. The molecule has 10 heteroatoms. The summed E-state index contributed by atoms with van der Waals surface area (Å²) in [5.41, 5.74) is 5.94. The molecule has 0 amide bonds. The van der Waals surface area contributed by atoms with Crippen molar-refractivity contribution in [3.05, 3.63) is 83.2 Å². The lowest BCUT2D eigenvalue weighted by Crippen LogP contribution is -2.15. The molecule has 33 heavy (non-hydrogen) atoms. The van der Waals surface area contributed by atoms with Crippen molar-refractivity contribution < 1.29 is 0 Å². The van der Waals surface area contributed by atoms with E-state index in [1.54, 1.807) is 15.6 Å². The molecule has 3 N–H and O–H groups in total. The third kappa shape index (κ3) is 3.24. The Hall–Kier alpha value is -4.73. The van der Waals surface area contributed by atoms with Crippen LogP contribution in [-0.2, 0) is 6.67 Å². The molecule has 0 spiro atoms. The monoisotopic (exact) mass is 437 g/mol. The molecule has 0 aliphatic rings. The van der Waals surface area contributed by atoms with Gasteiger partial charge in [-0.2, -0.15) is 0 Å². The number of hydrogen-bond donors (Lipinski definition) is 3. The molecule has 0 aliphatic carbocycles. The van der Waals surface area contributed by atoms with E-state index in [2.05, 4.69) is 35.6 Å². The molecule has 0 unspecified atom stereocenters. The second-order valence-corrected chi connectivity index (χ2v) is 7.67. The fourth-order valence-corrected chi connectivity index (χ4v) is 3.98. The molecular weight excluding hydrogens is 418 g/mol. The number of benzene rings is 2. The van der Waals surface area contributed by atoms with Gasteiger partial charge >= 0.3 is 5.69 Å². The highest BCUT2D eigenvalue weighted by Gasteiger charge is 2.19. The van der Waals surface area contributed by atoms with Crippen LogP contribution in [0.25, 0.3) is 39.1 Å². The summed E-state index contributed by atoms with van der Waals surface area (Å²) in [4.78, 5) is 28.1. The van der Waals surface area contributed by atoms with Crippen molar-refractivity contribution in [1.82, 2.24) is 39.5 Å². The number of imidazole rings is 2. The van der Waals surface area contributed by atoms with E-state index >= 15 is 0 Å². The zero-order valence-corrected chi connectivity index (χ0v) is 17.6. The minimum absolute atomic E-state index is 0.280. The van der Waals surface area contributed by atoms with E-state index < -0.39 is 0 Å². The lowest BCUT2D eigenvalue weighted by molar-refractivity contribution is 0.654. The van der Waals surface area contributed by atoms with Gasteiger partial charge in [0.2, 0.25) is 0 Å². The maximum Gasteiger partial charge on any atom is 0.332 e. The first-order valence-corrected chi connectivity index (χ1v) is 10.4. The van der Waals surface area contributed by atoms with Crippen molar-refractivity contribution in [1.29, 1.82) is 0 Å². The SMILES string of the molecule is Cc1cccc(-c2c(NCn3nnc4ccccc43)[nH]c(=O)n2-c2ccc3nc[nH]c3c2)n1. The van der Waals surface area contributed by atoms with Crippen LogP contribution in [0.1, 0.15) is 5.69 Å². The van der Waals surface area contributed by atoms with Crippen molar-refractivity contribution in [3.8, 4) is 17.1 Å². The number of hydrogen-bond acceptors (Lipinski definition) is 6. The van der Waals surface area contributed by atoms with E-state index in [1.165, 1.54) is 0 Å². The third-order valence-corrected chi connectivity index (χ3v) is 5.51. The minimum Gasteiger partial charge on any atom is -0.350 e. The van der Waals surface area contributed by atoms with Crippen LogP contribution in [0.5, 0.6) is 0 Å². The Bertz CT molecular complexity index is 1670. The molecule has 0 bridgehead atoms. The predicted octanol–water partition coefficient (Wildman–Crippen LogP) is 3.23. The van der Waals surface area contributed by atoms with Crippen LogP contribution in [-0.4, -0.2) is 39.5 Å². The first-order valence-electron chi connectivity index (χ1n) is 10.4. The summed E-state index contributed by atoms with van der Waals surface area (Å²) in [5, 5.41) is 11.7. The fourth-order valence-electron chi connectivity index (χ4n) is 3.98. The number of aromatic amines is 2. The zero-order valence-electron chi connectivity index (χ0n) is 17.6. The van der Waals surface area contributed by atoms with E-state index in [4.69, 9.17) is 0 Å². The second-order valence-electron chi connectivity index (χ2n) is 7.67. The van der Waals surface area contributed by atoms with Crippen LogP contribution in [0, 0.1) is 6.92 Å². The summed E-state index contributed by atoms with van der Waals surface area (Å²) in [5.74, 6) is 0.544. The maximum absolute atomic E-state index is 13.1. The number of nitrogens with one attached hydrogen (secondary N) is 3. The van der Waals surface area contributed by atoms with E-state index in [-0.39, 0.29) is 5.69 Å². The summed E-state index contributed by atoms with van der Waals surface area (Å²) in [6.45, 7) is 2.24. The molecule has 0 saturated carbocycles. The van der Waals surface area contributed by atoms with Crippen LogP contribution >= 0.6 is 0 Å². The van der Waals surface area contributed by atoms with Crippen molar-refractivity contribution in [2.24, 2.45) is 0 Å². The quantitative estimate of drug-likeness (QED) is 0.381. The van der Waals surface area contributed by atoms with E-state index in [0.717, 1.165) is 27.8 Å². The van der Waals surface area contributed by atoms with Gasteiger partial charge in [0, 0.05) is 5.69 Å². The highest BCUT2D eigenvalue weighted by Crippen LogP contribution is 2.28. The van der Waals surface area contributed by atoms with Gasteiger partial charge in [0.15, 0.2) is 0 Å². The van der Waals surface area contributed by atoms with Crippen LogP contribution < -0.4 is 11.0 Å². The smallest absolute Gasteiger partial charge is 0.332 e. The molecule has 0 radical (unpaired) electrons. The highest BCUT2D eigenvalue weighted by molar-refractivity contribution is 5.79. The van der Waals surface area contributed by atoms with Gasteiger partial charge in [-0.05, 0) is 49.4 Å². The molecule has 0 atom stereocenters. The third-order valence-electron chi connectivity index (χ3n) is 5.51. The number of pyridine rings is 1. The van der Waals surface area contributed by atoms with Gasteiger partial charge in [-0.15, -0.1) is 5.10 Å². The largest absolute Gasteiger partial charge is 0.350 e. The Kier molecular flexibility index (Phi) is 4.29. The number of H-pyrrole nitrogens is 2. The van der Waals surface area contributed by atoms with Crippen LogP contribution in [0.4, 0.5) is 5.82 Å². The van der Waals surface area contributed by atoms with Gasteiger partial charge in [-0.3, -0.25) is 14.5 Å². The summed E-state index contributed by atoms with van der Waals surface area (Å²) >= 11 is 0. The highest BCUT2D eigenvalue weighted by atomic mass is 16.1. The van der Waals surface area contributed by atoms with Gasteiger partial charge in [-0.1, -0.05) is 23.4 Å². The molecule has 10 nitrogen and oxygen atoms in total. The first kappa shape index (κ1) is 19.0. The molecule has 6 rings (SSSR count). The molecule has 0 saturated heterocycles. The number of fused-ring (bicyclic) bond motifs is 2. The summed E-state index contributed by atoms with van der Waals surface area (Å²) < 4.78 is 3.36. The number of para-hydroxylation sites is 1. The Balaban J connectivity index is 1.48. The standard InChI is InChI=1S/C23H19N9O/c1-14-5-4-7-18(27-14)21-22(26-13-31-20-8-3-2-6-17(20)29-30-31)28-23(33)32(21)15-9-10-16-19(11-15)25-12-24-16/h2-12,26H,13H2,1H3,(H,24,25)(H,28,33). The molecule has 162 valence electrons. The molecule has 4 heterocycles. The Labute approximate surface area is 186 Å². The molecule has 0 aliphatic heterocycles. The first-order chi connectivity index (χ1) is 16.2. The number of nitrogens with zero attached hydrogens (tertiary/aromatic N) is 6. The summed E-state index contributed by atoms with van der Waals surface area (Å²) in [7, 11) is 0. The lowest BCUT2D eigenvalue weighted by Gasteiger charge is -2.11. The molecule has 0 fully saturated rings. The van der Waals surface area contributed by atoms with Crippen LogP contribution in [0.15, 0.2) is 71.8 Å². The molecule has 2 aromatic carbocycles. The van der Waals surface area contributed by atoms with Gasteiger partial charge in [0.05, 0.1) is 34.3 Å². The Morgan fingerprint density at radius 2 is 1.94 bits per heavy atom. The predicted molar refractivity (Wildman–Crippen MR) is 125 cm³/mol. The Morgan fingerprint density at radius 1 is 1.03 bits per heavy atom. The second kappa shape index (κ2) is 7.45. The van der Waals surface area contributed by atoms with Gasteiger partial charge in [0.25, 0.3) is 0 Å². The maximum atomic E-state index is 13.1. The fraction of sp³-hybridized carbons (Fsp3) is 0.0870. The average Bonchev–Trinajstić information content (AvgIpc) is 3.54. The van der Waals surface area contributed by atoms with Crippen LogP contribution in [0.2, 0.25) is 0 Å². The normalized spacial score (nSPS) is 11.4. The summed E-state index contributed by atoms with van der Waals surface area (Å²) in [6.07, 6.45) is 1.63. The molecule has 4 aromatic heterocycles. The van der Waals surface area contributed by atoms with Crippen molar-refractivity contribution in [3.63, 3.8) is 0 Å². The number of rotatable bonds is 5. The Morgan fingerprint density at radius 3 is 2.85 bits per heavy atom. The van der Waals surface area contributed by atoms with Gasteiger partial charge < -0.3 is 10.3 Å². The van der Waals surface area contributed by atoms with E-state index in [0.29, 0.717) is 29.6 Å². The van der Waals surface area contributed by atoms with Crippen molar-refractivity contribution in [2.45, 2.75) is 13.6 Å². The summed E-state index contributed by atoms with van der Waals surface area (Å²) in [6, 6.07) is 19.1. The minimum atomic E-state index is -0.280. The van der Waals surface area contributed by atoms with Crippen LogP contribution in [0.3, 0.4) is 0 Å². The number of anilines is 1. The van der Waals surface area contributed by atoms with Gasteiger partial charge in [0.1, 0.15) is 23.7 Å². The van der Waals surface area contributed by atoms with Gasteiger partial charge in [-0.25, -0.2) is 14.5 Å². The number of aromatic nitrogens is 8.